The molecule has 0 aliphatic heterocycles. The highest BCUT2D eigenvalue weighted by molar-refractivity contribution is 5.91. The second kappa shape index (κ2) is 5.21. The lowest BCUT2D eigenvalue weighted by atomic mass is 10.1. The topological polar surface area (TPSA) is 29.8 Å². The van der Waals surface area contributed by atoms with Gasteiger partial charge in [0.15, 0.2) is 5.39 Å². The first-order valence-electron chi connectivity index (χ1n) is 6.37. The van der Waals surface area contributed by atoms with Crippen LogP contribution in [-0.2, 0) is 0 Å². The quantitative estimate of drug-likeness (QED) is 0.659. The van der Waals surface area contributed by atoms with Crippen LogP contribution < -0.4 is 9.47 Å². The summed E-state index contributed by atoms with van der Waals surface area (Å²) in [6.07, 6.45) is 0. The average molecular weight is 267 g/mol. The Hall–Kier alpha value is -2.55. The van der Waals surface area contributed by atoms with Crippen molar-refractivity contribution in [3.05, 3.63) is 54.6 Å². The highest BCUT2D eigenvalue weighted by Crippen LogP contribution is 2.37. The van der Waals surface area contributed by atoms with Gasteiger partial charge in [-0.05, 0) is 24.3 Å². The van der Waals surface area contributed by atoms with Gasteiger partial charge in [-0.25, -0.2) is 4.42 Å². The summed E-state index contributed by atoms with van der Waals surface area (Å²) < 4.78 is 16.8. The molecule has 1 aromatic heterocycles. The zero-order chi connectivity index (χ0) is 13.9. The Balaban J connectivity index is 2.28. The van der Waals surface area contributed by atoms with Crippen LogP contribution in [0.25, 0.3) is 22.3 Å². The predicted octanol–water partition coefficient (Wildman–Crippen LogP) is 4.40. The highest BCUT2D eigenvalue weighted by atomic mass is 16.5. The van der Waals surface area contributed by atoms with Crippen LogP contribution in [-0.4, -0.2) is 14.2 Å². The van der Waals surface area contributed by atoms with Gasteiger partial charge in [0.2, 0.25) is 0 Å². The minimum atomic E-state index is 0.738. The number of methoxy groups -OCH3 is 2. The van der Waals surface area contributed by atoms with Gasteiger partial charge in [0.1, 0.15) is 11.5 Å². The smallest absolute Gasteiger partial charge is 0.368 e. The molecule has 0 amide bonds. The van der Waals surface area contributed by atoms with Crippen molar-refractivity contribution in [2.75, 3.05) is 14.2 Å². The Morgan fingerprint density at radius 2 is 1.55 bits per heavy atom. The van der Waals surface area contributed by atoms with E-state index in [1.807, 2.05) is 54.6 Å². The Kier molecular flexibility index (Phi) is 3.25. The second-order valence-corrected chi connectivity index (χ2v) is 4.38. The van der Waals surface area contributed by atoms with Gasteiger partial charge in [-0.15, -0.1) is 0 Å². The standard InChI is InChI=1S/C17H15O3/c1-18-13-9-6-10-14-17(13)16(19-2)11-15(20-14)12-7-4-3-5-8-12/h3-11H,1-2H3/q+1. The van der Waals surface area contributed by atoms with E-state index in [0.29, 0.717) is 0 Å². The molecule has 0 radical (unpaired) electrons. The molecule has 20 heavy (non-hydrogen) atoms. The molecule has 0 aliphatic carbocycles. The molecule has 3 nitrogen and oxygen atoms in total. The van der Waals surface area contributed by atoms with Crippen molar-refractivity contribution in [1.82, 2.24) is 0 Å². The molecule has 2 aromatic carbocycles. The minimum absolute atomic E-state index is 0.738. The van der Waals surface area contributed by atoms with Crippen LogP contribution in [0.1, 0.15) is 0 Å². The van der Waals surface area contributed by atoms with E-state index < -0.39 is 0 Å². The first-order chi connectivity index (χ1) is 9.83. The van der Waals surface area contributed by atoms with Crippen molar-refractivity contribution in [3.8, 4) is 22.8 Å². The van der Waals surface area contributed by atoms with Crippen molar-refractivity contribution >= 4 is 11.0 Å². The summed E-state index contributed by atoms with van der Waals surface area (Å²) in [6.45, 7) is 0. The molecule has 0 N–H and O–H groups in total. The van der Waals surface area contributed by atoms with Gasteiger partial charge in [0, 0.05) is 6.07 Å². The van der Waals surface area contributed by atoms with Gasteiger partial charge < -0.3 is 9.47 Å². The van der Waals surface area contributed by atoms with Crippen LogP contribution in [0.3, 0.4) is 0 Å². The van der Waals surface area contributed by atoms with Crippen molar-refractivity contribution in [2.45, 2.75) is 0 Å². The van der Waals surface area contributed by atoms with Crippen LogP contribution in [0.5, 0.6) is 11.5 Å². The first-order valence-corrected chi connectivity index (χ1v) is 6.37. The van der Waals surface area contributed by atoms with Crippen molar-refractivity contribution in [3.63, 3.8) is 0 Å². The van der Waals surface area contributed by atoms with Crippen molar-refractivity contribution in [2.24, 2.45) is 0 Å². The van der Waals surface area contributed by atoms with Crippen LogP contribution in [0.2, 0.25) is 0 Å². The second-order valence-electron chi connectivity index (χ2n) is 4.38. The predicted molar refractivity (Wildman–Crippen MR) is 79.2 cm³/mol. The molecule has 0 spiro atoms. The Morgan fingerprint density at radius 1 is 0.800 bits per heavy atom. The summed E-state index contributed by atoms with van der Waals surface area (Å²) in [7, 11) is 3.29. The molecule has 3 heteroatoms. The van der Waals surface area contributed by atoms with Crippen molar-refractivity contribution in [1.29, 1.82) is 0 Å². The van der Waals surface area contributed by atoms with Gasteiger partial charge >= 0.3 is 11.3 Å². The van der Waals surface area contributed by atoms with Crippen LogP contribution >= 0.6 is 0 Å². The molecular formula is C17H15O3+. The fourth-order valence-electron chi connectivity index (χ4n) is 2.25. The van der Waals surface area contributed by atoms with E-state index in [0.717, 1.165) is 33.8 Å². The summed E-state index contributed by atoms with van der Waals surface area (Å²) in [4.78, 5) is 0. The average Bonchev–Trinajstić information content (AvgIpc) is 2.53. The zero-order valence-corrected chi connectivity index (χ0v) is 11.4. The lowest BCUT2D eigenvalue weighted by Gasteiger charge is -2.05. The third-order valence-corrected chi connectivity index (χ3v) is 3.21. The summed E-state index contributed by atoms with van der Waals surface area (Å²) in [5, 5.41) is 0.845. The van der Waals surface area contributed by atoms with Gasteiger partial charge in [-0.1, -0.05) is 18.2 Å². The molecule has 0 aliphatic rings. The van der Waals surface area contributed by atoms with E-state index >= 15 is 0 Å². The summed E-state index contributed by atoms with van der Waals surface area (Å²) in [5.74, 6) is 2.24. The Morgan fingerprint density at radius 3 is 2.25 bits per heavy atom. The van der Waals surface area contributed by atoms with Gasteiger partial charge in [0.05, 0.1) is 25.8 Å². The number of benzene rings is 2. The number of rotatable bonds is 3. The van der Waals surface area contributed by atoms with Gasteiger partial charge in [0.25, 0.3) is 0 Å². The van der Waals surface area contributed by atoms with E-state index in [-0.39, 0.29) is 0 Å². The fourth-order valence-corrected chi connectivity index (χ4v) is 2.25. The number of hydrogen-bond acceptors (Lipinski definition) is 2. The minimum Gasteiger partial charge on any atom is -0.496 e. The Bertz CT molecular complexity index is 736. The molecule has 0 bridgehead atoms. The van der Waals surface area contributed by atoms with E-state index in [2.05, 4.69) is 0 Å². The van der Waals surface area contributed by atoms with Crippen LogP contribution in [0.4, 0.5) is 0 Å². The van der Waals surface area contributed by atoms with E-state index in [1.54, 1.807) is 14.2 Å². The summed E-state index contributed by atoms with van der Waals surface area (Å²) in [6, 6.07) is 17.5. The summed E-state index contributed by atoms with van der Waals surface area (Å²) in [5.41, 5.74) is 1.75. The molecule has 100 valence electrons. The van der Waals surface area contributed by atoms with Gasteiger partial charge in [-0.3, -0.25) is 0 Å². The fraction of sp³-hybridized carbons (Fsp3) is 0.118. The van der Waals surface area contributed by atoms with Crippen LogP contribution in [0, 0.1) is 0 Å². The molecule has 0 unspecified atom stereocenters. The lowest BCUT2D eigenvalue weighted by Crippen LogP contribution is -1.91. The van der Waals surface area contributed by atoms with E-state index in [9.17, 15) is 0 Å². The Labute approximate surface area is 117 Å². The molecular weight excluding hydrogens is 252 g/mol. The molecule has 0 fully saturated rings. The molecule has 3 rings (SSSR count). The lowest BCUT2D eigenvalue weighted by molar-refractivity contribution is 0.402. The first kappa shape index (κ1) is 12.5. The highest BCUT2D eigenvalue weighted by Gasteiger charge is 2.22. The maximum Gasteiger partial charge on any atom is 0.368 e. The summed E-state index contributed by atoms with van der Waals surface area (Å²) >= 11 is 0. The van der Waals surface area contributed by atoms with E-state index in [1.165, 1.54) is 0 Å². The van der Waals surface area contributed by atoms with Gasteiger partial charge in [-0.2, -0.15) is 0 Å². The van der Waals surface area contributed by atoms with Crippen molar-refractivity contribution < 1.29 is 13.9 Å². The SMILES string of the molecule is COc1cccc2[o+]c(-c3ccccc3)cc(OC)c12. The number of hydrogen-bond donors (Lipinski definition) is 0. The third kappa shape index (κ3) is 2.07. The van der Waals surface area contributed by atoms with Crippen LogP contribution in [0.15, 0.2) is 59.0 Å². The monoisotopic (exact) mass is 267 g/mol. The molecule has 1 heterocycles. The maximum atomic E-state index is 5.97. The third-order valence-electron chi connectivity index (χ3n) is 3.21. The molecule has 3 aromatic rings. The zero-order valence-electron chi connectivity index (χ0n) is 11.4. The molecule has 0 atom stereocenters. The van der Waals surface area contributed by atoms with E-state index in [4.69, 9.17) is 13.9 Å². The maximum absolute atomic E-state index is 5.97. The number of ether oxygens (including phenoxy) is 2. The normalized spacial score (nSPS) is 10.5. The number of fused-ring (bicyclic) bond motifs is 1. The molecule has 0 saturated carbocycles. The molecule has 0 saturated heterocycles. The largest absolute Gasteiger partial charge is 0.496 e.